The van der Waals surface area contributed by atoms with Crippen molar-refractivity contribution in [3.8, 4) is 11.5 Å². The molecule has 2 aliphatic rings. The monoisotopic (exact) mass is 313 g/mol. The smallest absolute Gasteiger partial charge is 0.162 e. The van der Waals surface area contributed by atoms with Crippen LogP contribution in [0.15, 0.2) is 16.6 Å². The molecule has 0 aromatic heterocycles. The molecule has 5 heteroatoms. The second-order valence-corrected chi connectivity index (χ2v) is 5.62. The highest BCUT2D eigenvalue weighted by molar-refractivity contribution is 9.10. The quantitative estimate of drug-likeness (QED) is 0.904. The average molecular weight is 314 g/mol. The summed E-state index contributed by atoms with van der Waals surface area (Å²) in [4.78, 5) is 2.25. The Bertz CT molecular complexity index is 452. The van der Waals surface area contributed by atoms with Gasteiger partial charge >= 0.3 is 0 Å². The summed E-state index contributed by atoms with van der Waals surface area (Å²) in [6.45, 7) is 3.74. The minimum Gasteiger partial charge on any atom is -0.486 e. The molecule has 1 N–H and O–H groups in total. The summed E-state index contributed by atoms with van der Waals surface area (Å²) in [6.07, 6.45) is 0.684. The molecular weight excluding hydrogens is 298 g/mol. The maximum Gasteiger partial charge on any atom is 0.162 e. The van der Waals surface area contributed by atoms with Crippen LogP contribution in [-0.2, 0) is 6.54 Å². The number of aliphatic hydroxyl groups excluding tert-OH is 1. The second kappa shape index (κ2) is 5.07. The number of nitrogens with zero attached hydrogens (tertiary/aromatic N) is 1. The molecule has 1 atom stereocenters. The van der Waals surface area contributed by atoms with Gasteiger partial charge in [0.05, 0.1) is 6.10 Å². The van der Waals surface area contributed by atoms with Crippen molar-refractivity contribution in [2.24, 2.45) is 0 Å². The zero-order valence-electron chi connectivity index (χ0n) is 10.1. The van der Waals surface area contributed by atoms with Crippen LogP contribution >= 0.6 is 15.9 Å². The van der Waals surface area contributed by atoms with Crippen molar-refractivity contribution in [1.29, 1.82) is 0 Å². The van der Waals surface area contributed by atoms with Gasteiger partial charge in [0.2, 0.25) is 0 Å². The summed E-state index contributed by atoms with van der Waals surface area (Å²) >= 11 is 3.57. The van der Waals surface area contributed by atoms with Crippen LogP contribution in [0.3, 0.4) is 0 Å². The maximum absolute atomic E-state index is 9.54. The third kappa shape index (κ3) is 2.48. The number of likely N-dealkylation sites (tertiary alicyclic amines) is 1. The number of fused-ring (bicyclic) bond motifs is 1. The number of ether oxygens (including phenoxy) is 2. The lowest BCUT2D eigenvalue weighted by molar-refractivity contribution is 0.169. The molecule has 98 valence electrons. The number of β-amino-alcohol motifs (C(OH)–C–C–N with tert-alkyl or cyclic N) is 1. The van der Waals surface area contributed by atoms with Crippen molar-refractivity contribution >= 4 is 15.9 Å². The zero-order chi connectivity index (χ0) is 12.5. The number of halogens is 1. The average Bonchev–Trinajstić information content (AvgIpc) is 2.76. The van der Waals surface area contributed by atoms with E-state index in [1.54, 1.807) is 0 Å². The summed E-state index contributed by atoms with van der Waals surface area (Å²) in [5.74, 6) is 1.62. The summed E-state index contributed by atoms with van der Waals surface area (Å²) in [6, 6.07) is 4.00. The van der Waals surface area contributed by atoms with Crippen LogP contribution in [0.5, 0.6) is 11.5 Å². The van der Waals surface area contributed by atoms with E-state index >= 15 is 0 Å². The fourth-order valence-electron chi connectivity index (χ4n) is 2.42. The lowest BCUT2D eigenvalue weighted by atomic mass is 10.2. The predicted octanol–water partition coefficient (Wildman–Crippen LogP) is 1.79. The van der Waals surface area contributed by atoms with E-state index in [1.807, 2.05) is 12.1 Å². The van der Waals surface area contributed by atoms with Gasteiger partial charge in [0.15, 0.2) is 11.5 Å². The lowest BCUT2D eigenvalue weighted by Gasteiger charge is -2.22. The van der Waals surface area contributed by atoms with Crippen molar-refractivity contribution in [1.82, 2.24) is 4.90 Å². The Morgan fingerprint density at radius 3 is 2.67 bits per heavy atom. The van der Waals surface area contributed by atoms with Crippen LogP contribution in [0.2, 0.25) is 0 Å². The first-order valence-electron chi connectivity index (χ1n) is 6.21. The zero-order valence-corrected chi connectivity index (χ0v) is 11.6. The Morgan fingerprint density at radius 1 is 1.28 bits per heavy atom. The molecule has 18 heavy (non-hydrogen) atoms. The SMILES string of the molecule is O[C@H]1CCN(Cc2cc3c(cc2Br)OCCO3)C1. The molecule has 1 saturated heterocycles. The van der Waals surface area contributed by atoms with Gasteiger partial charge in [-0.1, -0.05) is 15.9 Å². The normalized spacial score (nSPS) is 23.3. The molecule has 0 aliphatic carbocycles. The van der Waals surface area contributed by atoms with E-state index in [9.17, 15) is 5.11 Å². The van der Waals surface area contributed by atoms with Crippen LogP contribution < -0.4 is 9.47 Å². The Hall–Kier alpha value is -0.780. The van der Waals surface area contributed by atoms with Gasteiger partial charge in [0, 0.05) is 24.1 Å². The molecule has 2 heterocycles. The maximum atomic E-state index is 9.54. The van der Waals surface area contributed by atoms with E-state index in [0.717, 1.165) is 42.0 Å². The van der Waals surface area contributed by atoms with E-state index in [4.69, 9.17) is 9.47 Å². The van der Waals surface area contributed by atoms with Gasteiger partial charge in [-0.3, -0.25) is 4.90 Å². The Labute approximate surface area is 115 Å². The Kier molecular flexibility index (Phi) is 3.46. The highest BCUT2D eigenvalue weighted by Gasteiger charge is 2.22. The number of aliphatic hydroxyl groups is 1. The van der Waals surface area contributed by atoms with Crippen molar-refractivity contribution < 1.29 is 14.6 Å². The predicted molar refractivity (Wildman–Crippen MR) is 71.0 cm³/mol. The Balaban J connectivity index is 1.79. The summed E-state index contributed by atoms with van der Waals surface area (Å²) in [7, 11) is 0. The topological polar surface area (TPSA) is 41.9 Å². The largest absolute Gasteiger partial charge is 0.486 e. The van der Waals surface area contributed by atoms with E-state index < -0.39 is 0 Å². The number of rotatable bonds is 2. The third-order valence-corrected chi connectivity index (χ3v) is 4.09. The first-order valence-corrected chi connectivity index (χ1v) is 7.00. The first kappa shape index (κ1) is 12.3. The molecule has 0 radical (unpaired) electrons. The molecule has 2 aliphatic heterocycles. The van der Waals surface area contributed by atoms with Crippen LogP contribution in [0.1, 0.15) is 12.0 Å². The van der Waals surface area contributed by atoms with Gasteiger partial charge in [-0.2, -0.15) is 0 Å². The molecule has 0 bridgehead atoms. The molecule has 4 nitrogen and oxygen atoms in total. The standard InChI is InChI=1S/C13H16BrNO3/c14-11-6-13-12(17-3-4-18-13)5-9(11)7-15-2-1-10(16)8-15/h5-6,10,16H,1-4,7-8H2/t10-/m0/s1. The summed E-state index contributed by atoms with van der Waals surface area (Å²) in [5, 5.41) is 9.54. The second-order valence-electron chi connectivity index (χ2n) is 4.76. The summed E-state index contributed by atoms with van der Waals surface area (Å²) < 4.78 is 12.2. The van der Waals surface area contributed by atoms with Crippen molar-refractivity contribution in [2.45, 2.75) is 19.1 Å². The first-order chi connectivity index (χ1) is 8.72. The molecular formula is C13H16BrNO3. The minimum absolute atomic E-state index is 0.180. The van der Waals surface area contributed by atoms with Crippen LogP contribution in [0.4, 0.5) is 0 Å². The van der Waals surface area contributed by atoms with Gasteiger partial charge in [-0.25, -0.2) is 0 Å². The van der Waals surface area contributed by atoms with Crippen molar-refractivity contribution in [3.05, 3.63) is 22.2 Å². The van der Waals surface area contributed by atoms with E-state index in [0.29, 0.717) is 13.2 Å². The highest BCUT2D eigenvalue weighted by Crippen LogP contribution is 2.36. The van der Waals surface area contributed by atoms with Crippen LogP contribution in [-0.4, -0.2) is 42.4 Å². The Morgan fingerprint density at radius 2 is 2.00 bits per heavy atom. The lowest BCUT2D eigenvalue weighted by Crippen LogP contribution is -2.22. The molecule has 3 rings (SSSR count). The minimum atomic E-state index is -0.180. The van der Waals surface area contributed by atoms with E-state index in [1.165, 1.54) is 5.56 Å². The highest BCUT2D eigenvalue weighted by atomic mass is 79.9. The van der Waals surface area contributed by atoms with Gasteiger partial charge in [0.1, 0.15) is 13.2 Å². The molecule has 1 aromatic rings. The van der Waals surface area contributed by atoms with Crippen molar-refractivity contribution in [3.63, 3.8) is 0 Å². The summed E-state index contributed by atoms with van der Waals surface area (Å²) in [5.41, 5.74) is 1.17. The molecule has 0 saturated carbocycles. The number of hydrogen-bond donors (Lipinski definition) is 1. The van der Waals surface area contributed by atoms with Gasteiger partial charge in [0.25, 0.3) is 0 Å². The molecule has 0 amide bonds. The number of hydrogen-bond acceptors (Lipinski definition) is 4. The fourth-order valence-corrected chi connectivity index (χ4v) is 2.87. The van der Waals surface area contributed by atoms with Crippen molar-refractivity contribution in [2.75, 3.05) is 26.3 Å². The van der Waals surface area contributed by atoms with Crippen LogP contribution in [0.25, 0.3) is 0 Å². The van der Waals surface area contributed by atoms with Gasteiger partial charge in [-0.15, -0.1) is 0 Å². The van der Waals surface area contributed by atoms with E-state index in [-0.39, 0.29) is 6.10 Å². The van der Waals surface area contributed by atoms with Crippen LogP contribution in [0, 0.1) is 0 Å². The van der Waals surface area contributed by atoms with Gasteiger partial charge in [-0.05, 0) is 24.1 Å². The third-order valence-electron chi connectivity index (χ3n) is 3.35. The molecule has 1 aromatic carbocycles. The molecule has 0 unspecified atom stereocenters. The molecule has 0 spiro atoms. The van der Waals surface area contributed by atoms with Gasteiger partial charge < -0.3 is 14.6 Å². The molecule has 1 fully saturated rings. The van der Waals surface area contributed by atoms with E-state index in [2.05, 4.69) is 20.8 Å². The fraction of sp³-hybridized carbons (Fsp3) is 0.538. The number of benzene rings is 1.